The van der Waals surface area contributed by atoms with E-state index in [-0.39, 0.29) is 35.6 Å². The molecule has 0 aromatic carbocycles. The first-order chi connectivity index (χ1) is 15.1. The maximum Gasteiger partial charge on any atom is 0.309 e. The summed E-state index contributed by atoms with van der Waals surface area (Å²) in [6, 6.07) is 1.52. The molecule has 0 saturated heterocycles. The molecule has 0 fully saturated rings. The van der Waals surface area contributed by atoms with E-state index in [1.807, 2.05) is 20.8 Å². The topological polar surface area (TPSA) is 110 Å². The Bertz CT molecular complexity index is 764. The number of hydrogen-bond acceptors (Lipinski definition) is 9. The molecular formula is C23H35NO8. The maximum absolute atomic E-state index is 12.9. The van der Waals surface area contributed by atoms with Crippen molar-refractivity contribution < 1.29 is 38.1 Å². The van der Waals surface area contributed by atoms with Crippen molar-refractivity contribution in [1.82, 2.24) is 4.98 Å². The van der Waals surface area contributed by atoms with Gasteiger partial charge < -0.3 is 23.7 Å². The number of nitrogens with zero attached hydrogens (tertiary/aromatic N) is 1. The van der Waals surface area contributed by atoms with E-state index < -0.39 is 36.5 Å². The van der Waals surface area contributed by atoms with Gasteiger partial charge in [0.25, 0.3) is 0 Å². The summed E-state index contributed by atoms with van der Waals surface area (Å²) in [6.45, 7) is 10.8. The molecule has 1 heterocycles. The van der Waals surface area contributed by atoms with Gasteiger partial charge in [-0.25, -0.2) is 4.98 Å². The van der Waals surface area contributed by atoms with Crippen molar-refractivity contribution in [2.24, 2.45) is 11.8 Å². The number of ether oxygens (including phenoxy) is 5. The van der Waals surface area contributed by atoms with Gasteiger partial charge in [0.05, 0.1) is 19.1 Å². The molecule has 9 nitrogen and oxygen atoms in total. The summed E-state index contributed by atoms with van der Waals surface area (Å²) in [5, 5.41) is 0. The number of aromatic nitrogens is 1. The summed E-state index contributed by atoms with van der Waals surface area (Å²) >= 11 is 0. The standard InChI is InChI=1S/C23H35NO8/c1-8-11-29-21(14(2)3)16(5)32-23(27)15(4)12-18(26)20-22(31-13-30-17(6)25)19(28-7)9-10-24-20/h9-10,14-16,21H,8,11-13H2,1-7H3/t15-,16+,21+/m1/s1. The molecule has 0 saturated carbocycles. The van der Waals surface area contributed by atoms with Gasteiger partial charge in [-0.15, -0.1) is 0 Å². The Balaban J connectivity index is 2.86. The van der Waals surface area contributed by atoms with Crippen molar-refractivity contribution >= 4 is 17.7 Å². The van der Waals surface area contributed by atoms with Crippen LogP contribution in [-0.4, -0.2) is 55.4 Å². The second-order valence-corrected chi connectivity index (χ2v) is 7.84. The van der Waals surface area contributed by atoms with Crippen molar-refractivity contribution in [2.45, 2.75) is 66.6 Å². The second kappa shape index (κ2) is 13.7. The summed E-state index contributed by atoms with van der Waals surface area (Å²) in [5.74, 6) is -1.70. The highest BCUT2D eigenvalue weighted by Gasteiger charge is 2.29. The first kappa shape index (κ1) is 27.4. The second-order valence-electron chi connectivity index (χ2n) is 7.84. The van der Waals surface area contributed by atoms with Crippen LogP contribution in [0.25, 0.3) is 0 Å². The molecule has 180 valence electrons. The van der Waals surface area contributed by atoms with E-state index in [0.717, 1.165) is 6.42 Å². The molecule has 0 aliphatic carbocycles. The average Bonchev–Trinajstić information content (AvgIpc) is 2.73. The number of carbonyl (C=O) groups is 3. The van der Waals surface area contributed by atoms with Crippen LogP contribution in [0.1, 0.15) is 64.9 Å². The van der Waals surface area contributed by atoms with Crippen LogP contribution in [0.2, 0.25) is 0 Å². The zero-order valence-electron chi connectivity index (χ0n) is 20.0. The summed E-state index contributed by atoms with van der Waals surface area (Å²) in [5.41, 5.74) is -0.0180. The first-order valence-electron chi connectivity index (χ1n) is 10.8. The third-order valence-electron chi connectivity index (χ3n) is 4.65. The fraction of sp³-hybridized carbons (Fsp3) is 0.652. The lowest BCUT2D eigenvalue weighted by molar-refractivity contribution is -0.162. The van der Waals surface area contributed by atoms with Crippen molar-refractivity contribution in [3.05, 3.63) is 18.0 Å². The largest absolute Gasteiger partial charge is 0.493 e. The Labute approximate surface area is 189 Å². The van der Waals surface area contributed by atoms with Gasteiger partial charge in [0.2, 0.25) is 6.79 Å². The number of rotatable bonds is 14. The molecule has 1 aromatic rings. The number of hydrogen-bond donors (Lipinski definition) is 0. The Hall–Kier alpha value is -2.68. The van der Waals surface area contributed by atoms with Crippen LogP contribution in [-0.2, 0) is 23.8 Å². The molecule has 0 aliphatic rings. The summed E-state index contributed by atoms with van der Waals surface area (Å²) < 4.78 is 26.8. The highest BCUT2D eigenvalue weighted by Crippen LogP contribution is 2.31. The fourth-order valence-electron chi connectivity index (χ4n) is 3.05. The van der Waals surface area contributed by atoms with E-state index in [9.17, 15) is 14.4 Å². The van der Waals surface area contributed by atoms with Crippen molar-refractivity contribution in [1.29, 1.82) is 0 Å². The molecule has 0 N–H and O–H groups in total. The molecular weight excluding hydrogens is 418 g/mol. The SMILES string of the molecule is CCCO[C@@H](C(C)C)[C@H](C)OC(=O)[C@H](C)CC(=O)c1nccc(OC)c1OCOC(C)=O. The van der Waals surface area contributed by atoms with Crippen molar-refractivity contribution in [3.63, 3.8) is 0 Å². The molecule has 9 heteroatoms. The van der Waals surface area contributed by atoms with Crippen molar-refractivity contribution in [3.8, 4) is 11.5 Å². The molecule has 0 aliphatic heterocycles. The zero-order valence-corrected chi connectivity index (χ0v) is 20.0. The lowest BCUT2D eigenvalue weighted by Crippen LogP contribution is -2.37. The number of Topliss-reactive ketones (excluding diaryl/α,β-unsaturated/α-hetero) is 1. The molecule has 32 heavy (non-hydrogen) atoms. The van der Waals surface area contributed by atoms with E-state index >= 15 is 0 Å². The number of carbonyl (C=O) groups excluding carboxylic acids is 3. The Morgan fingerprint density at radius 3 is 2.38 bits per heavy atom. The van der Waals surface area contributed by atoms with Crippen LogP contribution in [0.4, 0.5) is 0 Å². The van der Waals surface area contributed by atoms with Crippen molar-refractivity contribution in [2.75, 3.05) is 20.5 Å². The molecule has 1 aromatic heterocycles. The summed E-state index contributed by atoms with van der Waals surface area (Å²) in [6.07, 6.45) is 1.43. The lowest BCUT2D eigenvalue weighted by Gasteiger charge is -2.28. The van der Waals surface area contributed by atoms with E-state index in [2.05, 4.69) is 4.98 Å². The van der Waals surface area contributed by atoms with E-state index in [4.69, 9.17) is 23.7 Å². The van der Waals surface area contributed by atoms with Gasteiger partial charge in [-0.05, 0) is 19.3 Å². The van der Waals surface area contributed by atoms with Gasteiger partial charge in [-0.2, -0.15) is 0 Å². The van der Waals surface area contributed by atoms with Gasteiger partial charge >= 0.3 is 11.9 Å². The van der Waals surface area contributed by atoms with Crippen LogP contribution < -0.4 is 9.47 Å². The summed E-state index contributed by atoms with van der Waals surface area (Å²) in [7, 11) is 1.41. The van der Waals surface area contributed by atoms with Crippen LogP contribution in [0.5, 0.6) is 11.5 Å². The number of methoxy groups -OCH3 is 1. The molecule has 3 atom stereocenters. The molecule has 0 radical (unpaired) electrons. The maximum atomic E-state index is 12.9. The Kier molecular flexibility index (Phi) is 11.7. The number of esters is 2. The third kappa shape index (κ3) is 8.45. The molecule has 0 spiro atoms. The monoisotopic (exact) mass is 453 g/mol. The average molecular weight is 454 g/mol. The molecule has 0 amide bonds. The molecule has 0 unspecified atom stereocenters. The van der Waals surface area contributed by atoms with Gasteiger partial charge in [0, 0.05) is 32.2 Å². The predicted molar refractivity (Wildman–Crippen MR) is 117 cm³/mol. The predicted octanol–water partition coefficient (Wildman–Crippen LogP) is 3.58. The van der Waals surface area contributed by atoms with Crippen LogP contribution in [0, 0.1) is 11.8 Å². The Morgan fingerprint density at radius 2 is 1.81 bits per heavy atom. The van der Waals surface area contributed by atoms with Gasteiger partial charge in [0.1, 0.15) is 6.10 Å². The van der Waals surface area contributed by atoms with Gasteiger partial charge in [-0.3, -0.25) is 14.4 Å². The fourth-order valence-corrected chi connectivity index (χ4v) is 3.05. The lowest BCUT2D eigenvalue weighted by atomic mass is 10.0. The van der Waals surface area contributed by atoms with E-state index in [0.29, 0.717) is 6.61 Å². The third-order valence-corrected chi connectivity index (χ3v) is 4.65. The number of ketones is 1. The van der Waals surface area contributed by atoms with E-state index in [1.165, 1.54) is 26.3 Å². The highest BCUT2D eigenvalue weighted by atomic mass is 16.7. The minimum Gasteiger partial charge on any atom is -0.493 e. The zero-order chi connectivity index (χ0) is 24.3. The highest BCUT2D eigenvalue weighted by molar-refractivity contribution is 5.99. The summed E-state index contributed by atoms with van der Waals surface area (Å²) in [4.78, 5) is 40.6. The number of pyridine rings is 1. The molecule has 1 rings (SSSR count). The Morgan fingerprint density at radius 1 is 1.12 bits per heavy atom. The van der Waals surface area contributed by atoms with Crippen LogP contribution in [0.15, 0.2) is 12.3 Å². The van der Waals surface area contributed by atoms with Gasteiger partial charge in [0.15, 0.2) is 23.0 Å². The normalized spacial score (nSPS) is 13.8. The minimum absolute atomic E-state index is 0.0180. The smallest absolute Gasteiger partial charge is 0.309 e. The van der Waals surface area contributed by atoms with Gasteiger partial charge in [-0.1, -0.05) is 27.7 Å². The van der Waals surface area contributed by atoms with E-state index in [1.54, 1.807) is 13.8 Å². The molecule has 0 bridgehead atoms. The van der Waals surface area contributed by atoms with Crippen LogP contribution >= 0.6 is 0 Å². The minimum atomic E-state index is -0.710. The van der Waals surface area contributed by atoms with Crippen LogP contribution in [0.3, 0.4) is 0 Å². The first-order valence-corrected chi connectivity index (χ1v) is 10.8. The quantitative estimate of drug-likeness (QED) is 0.237.